The van der Waals surface area contributed by atoms with Crippen LogP contribution in [0.4, 0.5) is 0 Å². The van der Waals surface area contributed by atoms with E-state index < -0.39 is 0 Å². The first kappa shape index (κ1) is 6.14. The summed E-state index contributed by atoms with van der Waals surface area (Å²) in [5.41, 5.74) is 1.22. The second-order valence-corrected chi connectivity index (χ2v) is 1.97. The van der Waals surface area contributed by atoms with Crippen molar-refractivity contribution in [2.75, 3.05) is 6.54 Å². The maximum absolute atomic E-state index is 3.58. The van der Waals surface area contributed by atoms with Gasteiger partial charge in [0.25, 0.3) is 0 Å². The molecule has 1 N–H and O–H groups in total. The van der Waals surface area contributed by atoms with Crippen LogP contribution in [0, 0.1) is 0 Å². The van der Waals surface area contributed by atoms with E-state index >= 15 is 0 Å². The number of hydrogen-bond acceptors (Lipinski definition) is 1. The number of hydrogen-bond donors (Lipinski definition) is 1. The van der Waals surface area contributed by atoms with Gasteiger partial charge in [0.05, 0.1) is 0 Å². The molecule has 0 radical (unpaired) electrons. The van der Waals surface area contributed by atoms with E-state index in [1.165, 1.54) is 5.70 Å². The Kier molecular flexibility index (Phi) is 2.13. The topological polar surface area (TPSA) is 12.0 Å². The lowest BCUT2D eigenvalue weighted by Gasteiger charge is -1.92. The highest BCUT2D eigenvalue weighted by atomic mass is 14.9. The highest BCUT2D eigenvalue weighted by Gasteiger charge is 1.95. The Morgan fingerprint density at radius 2 is 2.56 bits per heavy atom. The smallest absolute Gasteiger partial charge is 0.0300 e. The Bertz CT molecular complexity index is 154. The Labute approximate surface area is 55.8 Å². The van der Waals surface area contributed by atoms with Gasteiger partial charge in [-0.25, -0.2) is 0 Å². The highest BCUT2D eigenvalue weighted by Crippen LogP contribution is 2.01. The van der Waals surface area contributed by atoms with Gasteiger partial charge >= 0.3 is 0 Å². The lowest BCUT2D eigenvalue weighted by atomic mass is 10.3. The van der Waals surface area contributed by atoms with E-state index in [-0.39, 0.29) is 0 Å². The molecule has 0 aromatic rings. The van der Waals surface area contributed by atoms with Gasteiger partial charge in [-0.15, -0.1) is 0 Å². The summed E-state index contributed by atoms with van der Waals surface area (Å²) >= 11 is 0. The van der Waals surface area contributed by atoms with Gasteiger partial charge < -0.3 is 5.32 Å². The van der Waals surface area contributed by atoms with Crippen molar-refractivity contribution in [2.24, 2.45) is 0 Å². The van der Waals surface area contributed by atoms with Crippen molar-refractivity contribution >= 4 is 0 Å². The molecule has 9 heavy (non-hydrogen) atoms. The van der Waals surface area contributed by atoms with Crippen molar-refractivity contribution in [3.05, 3.63) is 36.6 Å². The first-order valence-corrected chi connectivity index (χ1v) is 3.16. The average Bonchev–Trinajstić information content (AvgIpc) is 2.34. The van der Waals surface area contributed by atoms with Crippen molar-refractivity contribution < 1.29 is 0 Å². The number of allylic oxidation sites excluding steroid dienone is 3. The van der Waals surface area contributed by atoms with Gasteiger partial charge in [0.2, 0.25) is 0 Å². The van der Waals surface area contributed by atoms with Crippen molar-refractivity contribution in [3.8, 4) is 0 Å². The van der Waals surface area contributed by atoms with Crippen LogP contribution >= 0.6 is 0 Å². The van der Waals surface area contributed by atoms with Crippen LogP contribution in [0.25, 0.3) is 0 Å². The summed E-state index contributed by atoms with van der Waals surface area (Å²) in [4.78, 5) is 0. The second kappa shape index (κ2) is 3.13. The lowest BCUT2D eigenvalue weighted by Crippen LogP contribution is -2.04. The quantitative estimate of drug-likeness (QED) is 0.547. The zero-order valence-electron chi connectivity index (χ0n) is 5.43. The van der Waals surface area contributed by atoms with Gasteiger partial charge in [-0.2, -0.15) is 0 Å². The summed E-state index contributed by atoms with van der Waals surface area (Å²) in [5, 5.41) is 3.22. The summed E-state index contributed by atoms with van der Waals surface area (Å²) in [5.74, 6) is 0. The van der Waals surface area contributed by atoms with Crippen LogP contribution in [0.5, 0.6) is 0 Å². The molecule has 0 amide bonds. The molecular weight excluding hydrogens is 110 g/mol. The summed E-state index contributed by atoms with van der Waals surface area (Å²) in [6.07, 6.45) is 9.07. The third kappa shape index (κ3) is 1.76. The second-order valence-electron chi connectivity index (χ2n) is 1.97. The molecule has 0 bridgehead atoms. The molecule has 0 atom stereocenters. The summed E-state index contributed by atoms with van der Waals surface area (Å²) in [6.45, 7) is 4.66. The van der Waals surface area contributed by atoms with Crippen molar-refractivity contribution in [1.29, 1.82) is 0 Å². The SMILES string of the molecule is C=C/C=C\C1=CCCN1. The predicted molar refractivity (Wildman–Crippen MR) is 40.0 cm³/mol. The molecule has 0 saturated heterocycles. The first-order chi connectivity index (χ1) is 4.43. The first-order valence-electron chi connectivity index (χ1n) is 3.16. The zero-order chi connectivity index (χ0) is 6.53. The Morgan fingerprint density at radius 3 is 3.11 bits per heavy atom. The van der Waals surface area contributed by atoms with Crippen molar-refractivity contribution in [1.82, 2.24) is 5.32 Å². The molecule has 1 nitrogen and oxygen atoms in total. The maximum atomic E-state index is 3.58. The molecule has 1 aliphatic rings. The van der Waals surface area contributed by atoms with E-state index in [1.807, 2.05) is 12.2 Å². The number of nitrogens with one attached hydrogen (secondary N) is 1. The van der Waals surface area contributed by atoms with Gasteiger partial charge in [0.1, 0.15) is 0 Å². The minimum Gasteiger partial charge on any atom is -0.385 e. The zero-order valence-corrected chi connectivity index (χ0v) is 5.43. The highest BCUT2D eigenvalue weighted by molar-refractivity contribution is 5.22. The fourth-order valence-electron chi connectivity index (χ4n) is 0.815. The number of rotatable bonds is 2. The minimum atomic E-state index is 1.08. The molecule has 1 heterocycles. The van der Waals surface area contributed by atoms with Gasteiger partial charge in [0, 0.05) is 12.2 Å². The predicted octanol–water partition coefficient (Wildman–Crippen LogP) is 1.61. The third-order valence-corrected chi connectivity index (χ3v) is 1.25. The van der Waals surface area contributed by atoms with Crippen LogP contribution in [0.3, 0.4) is 0 Å². The summed E-state index contributed by atoms with van der Waals surface area (Å²) < 4.78 is 0. The van der Waals surface area contributed by atoms with E-state index in [9.17, 15) is 0 Å². The summed E-state index contributed by atoms with van der Waals surface area (Å²) in [6, 6.07) is 0. The fraction of sp³-hybridized carbons (Fsp3) is 0.250. The molecule has 1 aliphatic heterocycles. The van der Waals surface area contributed by atoms with E-state index in [0.717, 1.165) is 13.0 Å². The molecule has 1 heteroatoms. The Balaban J connectivity index is 2.42. The summed E-state index contributed by atoms with van der Waals surface area (Å²) in [7, 11) is 0. The molecule has 48 valence electrons. The van der Waals surface area contributed by atoms with E-state index in [4.69, 9.17) is 0 Å². The van der Waals surface area contributed by atoms with Crippen molar-refractivity contribution in [3.63, 3.8) is 0 Å². The monoisotopic (exact) mass is 121 g/mol. The molecule has 0 spiro atoms. The van der Waals surface area contributed by atoms with Crippen LogP contribution in [0.2, 0.25) is 0 Å². The average molecular weight is 121 g/mol. The minimum absolute atomic E-state index is 1.08. The molecule has 0 saturated carbocycles. The molecule has 1 rings (SSSR count). The van der Waals surface area contributed by atoms with Crippen molar-refractivity contribution in [2.45, 2.75) is 6.42 Å². The molecule has 0 fully saturated rings. The van der Waals surface area contributed by atoms with Crippen LogP contribution in [-0.2, 0) is 0 Å². The lowest BCUT2D eigenvalue weighted by molar-refractivity contribution is 0.892. The Morgan fingerprint density at radius 1 is 1.67 bits per heavy atom. The fourth-order valence-corrected chi connectivity index (χ4v) is 0.815. The largest absolute Gasteiger partial charge is 0.385 e. The Hall–Kier alpha value is -0.980. The molecular formula is C8H11N. The van der Waals surface area contributed by atoms with Gasteiger partial charge in [-0.3, -0.25) is 0 Å². The van der Waals surface area contributed by atoms with Gasteiger partial charge in [-0.05, 0) is 12.5 Å². The van der Waals surface area contributed by atoms with Crippen LogP contribution in [0.1, 0.15) is 6.42 Å². The molecule has 0 unspecified atom stereocenters. The van der Waals surface area contributed by atoms with Crippen LogP contribution in [-0.4, -0.2) is 6.54 Å². The molecule has 0 aromatic carbocycles. The van der Waals surface area contributed by atoms with E-state index in [2.05, 4.69) is 18.0 Å². The standard InChI is InChI=1S/C8H11N/c1-2-3-5-8-6-4-7-9-8/h2-3,5-6,9H,1,4,7H2/b5-3-. The normalized spacial score (nSPS) is 17.6. The van der Waals surface area contributed by atoms with Gasteiger partial charge in [0.15, 0.2) is 0 Å². The molecule has 0 aromatic heterocycles. The third-order valence-electron chi connectivity index (χ3n) is 1.25. The van der Waals surface area contributed by atoms with E-state index in [0.29, 0.717) is 0 Å². The van der Waals surface area contributed by atoms with Crippen LogP contribution in [0.15, 0.2) is 36.6 Å². The van der Waals surface area contributed by atoms with Crippen LogP contribution < -0.4 is 5.32 Å². The maximum Gasteiger partial charge on any atom is 0.0300 e. The van der Waals surface area contributed by atoms with E-state index in [1.54, 1.807) is 6.08 Å². The van der Waals surface area contributed by atoms with Gasteiger partial charge in [-0.1, -0.05) is 24.8 Å². The molecule has 0 aliphatic carbocycles.